The van der Waals surface area contributed by atoms with E-state index in [1.807, 2.05) is 0 Å². The van der Waals surface area contributed by atoms with Gasteiger partial charge in [-0.2, -0.15) is 0 Å². The molecular weight excluding hydrogens is 317 g/mol. The number of allylic oxidation sites excluding steroid dienone is 4. The molecule has 0 unspecified atom stereocenters. The molecule has 2 amide bonds. The van der Waals surface area contributed by atoms with E-state index in [1.54, 1.807) is 0 Å². The molecule has 4 aliphatic rings. The summed E-state index contributed by atoms with van der Waals surface area (Å²) in [5.41, 5.74) is 3.35. The maximum absolute atomic E-state index is 13.2. The van der Waals surface area contributed by atoms with Crippen LogP contribution in [0.1, 0.15) is 32.1 Å². The van der Waals surface area contributed by atoms with Crippen LogP contribution in [0, 0.1) is 29.5 Å². The SMILES string of the molecule is O=C1[C@H]2[C@H](C(=O)N1c1ccc(F)cc1)[C@H]1C=C[C@H]2C1=C1CCCCC1. The lowest BCUT2D eigenvalue weighted by molar-refractivity contribution is -0.122. The minimum Gasteiger partial charge on any atom is -0.274 e. The normalized spacial score (nSPS) is 33.6. The molecule has 1 aromatic rings. The molecule has 0 N–H and O–H groups in total. The summed E-state index contributed by atoms with van der Waals surface area (Å²) in [6, 6.07) is 5.63. The zero-order valence-electron chi connectivity index (χ0n) is 14.0. The lowest BCUT2D eigenvalue weighted by Gasteiger charge is -2.23. The van der Waals surface area contributed by atoms with Crippen LogP contribution < -0.4 is 4.90 Å². The Morgan fingerprint density at radius 1 is 0.840 bits per heavy atom. The van der Waals surface area contributed by atoms with Gasteiger partial charge in [0.1, 0.15) is 5.82 Å². The van der Waals surface area contributed by atoms with E-state index >= 15 is 0 Å². The number of rotatable bonds is 1. The number of hydrogen-bond donors (Lipinski definition) is 0. The second-order valence-corrected chi connectivity index (χ2v) is 7.60. The number of benzene rings is 1. The molecule has 0 spiro atoms. The van der Waals surface area contributed by atoms with Crippen molar-refractivity contribution in [3.8, 4) is 0 Å². The van der Waals surface area contributed by atoms with E-state index < -0.39 is 0 Å². The quantitative estimate of drug-likeness (QED) is 0.574. The van der Waals surface area contributed by atoms with E-state index in [9.17, 15) is 14.0 Å². The molecule has 2 saturated carbocycles. The molecule has 2 bridgehead atoms. The van der Waals surface area contributed by atoms with E-state index in [1.165, 1.54) is 59.6 Å². The zero-order chi connectivity index (χ0) is 17.1. The van der Waals surface area contributed by atoms with Crippen LogP contribution in [0.2, 0.25) is 0 Å². The number of amides is 2. The monoisotopic (exact) mass is 337 g/mol. The van der Waals surface area contributed by atoms with Gasteiger partial charge in [-0.05, 0) is 49.9 Å². The van der Waals surface area contributed by atoms with Gasteiger partial charge < -0.3 is 0 Å². The van der Waals surface area contributed by atoms with Gasteiger partial charge in [-0.3, -0.25) is 9.59 Å². The van der Waals surface area contributed by atoms with Gasteiger partial charge in [0, 0.05) is 11.8 Å². The zero-order valence-corrected chi connectivity index (χ0v) is 14.0. The van der Waals surface area contributed by atoms with Crippen LogP contribution >= 0.6 is 0 Å². The van der Waals surface area contributed by atoms with Gasteiger partial charge in [0.2, 0.25) is 11.8 Å². The van der Waals surface area contributed by atoms with E-state index in [4.69, 9.17) is 0 Å². The van der Waals surface area contributed by atoms with Crippen LogP contribution in [-0.4, -0.2) is 11.8 Å². The summed E-state index contributed by atoms with van der Waals surface area (Å²) in [6.07, 6.45) is 10.2. The first-order valence-electron chi connectivity index (χ1n) is 9.20. The minimum absolute atomic E-state index is 0.0880. The standard InChI is InChI=1S/C21H20FNO2/c22-13-6-8-14(9-7-13)23-20(24)18-15-10-11-16(19(18)21(23)25)17(15)12-4-2-1-3-5-12/h6-11,15-16,18-19H,1-5H2/t15-,16-,18+,19+/m0/s1. The van der Waals surface area contributed by atoms with Crippen molar-refractivity contribution in [2.75, 3.05) is 4.90 Å². The van der Waals surface area contributed by atoms with Gasteiger partial charge in [-0.15, -0.1) is 0 Å². The third kappa shape index (κ3) is 2.03. The van der Waals surface area contributed by atoms with Crippen LogP contribution in [0.5, 0.6) is 0 Å². The summed E-state index contributed by atoms with van der Waals surface area (Å²) >= 11 is 0. The van der Waals surface area contributed by atoms with Gasteiger partial charge in [0.05, 0.1) is 17.5 Å². The number of halogens is 1. The summed E-state index contributed by atoms with van der Waals surface area (Å²) in [4.78, 5) is 27.4. The van der Waals surface area contributed by atoms with Crippen LogP contribution in [-0.2, 0) is 9.59 Å². The number of anilines is 1. The Hall–Kier alpha value is -2.23. The third-order valence-corrected chi connectivity index (χ3v) is 6.37. The molecule has 3 fully saturated rings. The first-order valence-corrected chi connectivity index (χ1v) is 9.20. The molecule has 4 heteroatoms. The topological polar surface area (TPSA) is 37.4 Å². The first-order chi connectivity index (χ1) is 12.2. The fourth-order valence-corrected chi connectivity index (χ4v) is 5.35. The predicted octanol–water partition coefficient (Wildman–Crippen LogP) is 4.01. The molecule has 1 aliphatic heterocycles. The molecular formula is C21H20FNO2. The lowest BCUT2D eigenvalue weighted by Crippen LogP contribution is -2.33. The van der Waals surface area contributed by atoms with E-state index in [2.05, 4.69) is 12.2 Å². The Balaban J connectivity index is 1.52. The maximum atomic E-state index is 13.2. The highest BCUT2D eigenvalue weighted by Gasteiger charge is 2.62. The van der Waals surface area contributed by atoms with Crippen molar-refractivity contribution < 1.29 is 14.0 Å². The average Bonchev–Trinajstić information content (AvgIpc) is 3.27. The molecule has 3 aliphatic carbocycles. The average molecular weight is 337 g/mol. The molecule has 3 nitrogen and oxygen atoms in total. The summed E-state index contributed by atoms with van der Waals surface area (Å²) in [6.45, 7) is 0. The smallest absolute Gasteiger partial charge is 0.238 e. The van der Waals surface area contributed by atoms with Crippen molar-refractivity contribution in [2.24, 2.45) is 23.7 Å². The summed E-state index contributed by atoms with van der Waals surface area (Å²) in [7, 11) is 0. The van der Waals surface area contributed by atoms with Crippen molar-refractivity contribution in [1.29, 1.82) is 0 Å². The molecule has 0 aromatic heterocycles. The third-order valence-electron chi connectivity index (χ3n) is 6.37. The minimum atomic E-state index is -0.367. The number of hydrogen-bond acceptors (Lipinski definition) is 2. The molecule has 25 heavy (non-hydrogen) atoms. The summed E-state index contributed by atoms with van der Waals surface area (Å²) in [5, 5.41) is 0. The Labute approximate surface area is 146 Å². The Bertz CT molecular complexity index is 781. The largest absolute Gasteiger partial charge is 0.274 e. The van der Waals surface area contributed by atoms with Crippen molar-refractivity contribution >= 4 is 17.5 Å². The first kappa shape index (κ1) is 15.1. The summed E-state index contributed by atoms with van der Waals surface area (Å²) in [5.74, 6) is -0.960. The van der Waals surface area contributed by atoms with E-state index in [0.717, 1.165) is 12.8 Å². The molecule has 1 aromatic carbocycles. The van der Waals surface area contributed by atoms with Gasteiger partial charge in [-0.1, -0.05) is 29.7 Å². The van der Waals surface area contributed by atoms with Gasteiger partial charge in [0.15, 0.2) is 0 Å². The van der Waals surface area contributed by atoms with Gasteiger partial charge in [-0.25, -0.2) is 9.29 Å². The highest BCUT2D eigenvalue weighted by Crippen LogP contribution is 2.58. The fraction of sp³-hybridized carbons (Fsp3) is 0.429. The number of carbonyl (C=O) groups is 2. The maximum Gasteiger partial charge on any atom is 0.238 e. The number of nitrogens with zero attached hydrogens (tertiary/aromatic N) is 1. The highest BCUT2D eigenvalue weighted by molar-refractivity contribution is 6.23. The second kappa shape index (κ2) is 5.38. The van der Waals surface area contributed by atoms with Crippen LogP contribution in [0.15, 0.2) is 47.6 Å². The van der Waals surface area contributed by atoms with E-state index in [0.29, 0.717) is 5.69 Å². The van der Waals surface area contributed by atoms with Crippen molar-refractivity contribution in [3.05, 3.63) is 53.4 Å². The Morgan fingerprint density at radius 3 is 1.96 bits per heavy atom. The second-order valence-electron chi connectivity index (χ2n) is 7.60. The Kier molecular flexibility index (Phi) is 3.24. The van der Waals surface area contributed by atoms with Crippen LogP contribution in [0.3, 0.4) is 0 Å². The number of carbonyl (C=O) groups excluding carboxylic acids is 2. The van der Waals surface area contributed by atoms with E-state index in [-0.39, 0.29) is 41.3 Å². The highest BCUT2D eigenvalue weighted by atomic mass is 19.1. The molecule has 4 atom stereocenters. The number of fused-ring (bicyclic) bond motifs is 5. The van der Waals surface area contributed by atoms with Gasteiger partial charge >= 0.3 is 0 Å². The Morgan fingerprint density at radius 2 is 1.40 bits per heavy atom. The van der Waals surface area contributed by atoms with Crippen LogP contribution in [0.4, 0.5) is 10.1 Å². The molecule has 1 saturated heterocycles. The predicted molar refractivity (Wildman–Crippen MR) is 92.1 cm³/mol. The van der Waals surface area contributed by atoms with Crippen LogP contribution in [0.25, 0.3) is 0 Å². The molecule has 5 rings (SSSR count). The number of imide groups is 1. The van der Waals surface area contributed by atoms with Crippen molar-refractivity contribution in [2.45, 2.75) is 32.1 Å². The summed E-state index contributed by atoms with van der Waals surface area (Å²) < 4.78 is 13.2. The fourth-order valence-electron chi connectivity index (χ4n) is 5.35. The molecule has 1 heterocycles. The lowest BCUT2D eigenvalue weighted by atomic mass is 9.85. The molecule has 0 radical (unpaired) electrons. The molecule has 128 valence electrons. The van der Waals surface area contributed by atoms with Crippen molar-refractivity contribution in [1.82, 2.24) is 0 Å². The van der Waals surface area contributed by atoms with Crippen molar-refractivity contribution in [3.63, 3.8) is 0 Å². The van der Waals surface area contributed by atoms with Gasteiger partial charge in [0.25, 0.3) is 0 Å².